The van der Waals surface area contributed by atoms with E-state index in [-0.39, 0.29) is 0 Å². The standard InChI is InChI=1S/C73H58N2/c1-8-25-53(26-9-1)54-43-45-62(46-44-54)75(63-47-48-69-68-39-22-23-42-70(68)73(71(69)52-63,58-31-14-4-15-32-58)59-33-16-5-17-34-59)65-50-57(49-64(51-65)74(60-35-18-6-19-36-60)61-37-20-7-21-38-61)72-66(55-27-10-2-11-28-55)40-24-41-67(72)56-29-12-3-13-30-56/h2-7,10-24,27-53H,1,8-9,25-26H2. The Bertz CT molecular complexity index is 3580. The molecule has 2 nitrogen and oxygen atoms in total. The van der Waals surface area contributed by atoms with E-state index in [1.165, 1.54) is 98.9 Å². The van der Waals surface area contributed by atoms with Crippen molar-refractivity contribution in [1.29, 1.82) is 0 Å². The summed E-state index contributed by atoms with van der Waals surface area (Å²) in [4.78, 5) is 4.95. The number of hydrogen-bond donors (Lipinski definition) is 0. The van der Waals surface area contributed by atoms with Crippen molar-refractivity contribution >= 4 is 34.1 Å². The van der Waals surface area contributed by atoms with Gasteiger partial charge in [-0.1, -0.05) is 238 Å². The summed E-state index contributed by atoms with van der Waals surface area (Å²) in [5, 5.41) is 0. The SMILES string of the molecule is c1ccc(-c2cccc(-c3ccccc3)c2-c2cc(N(c3ccccc3)c3ccccc3)cc(N(c3ccc(C4CCCCC4)cc3)c3ccc4c(c3)C(c3ccccc3)(c3ccccc3)c3ccccc3-4)c2)cc1. The second-order valence-electron chi connectivity index (χ2n) is 20.2. The number of anilines is 6. The first-order valence-corrected chi connectivity index (χ1v) is 26.8. The molecule has 0 bridgehead atoms. The molecule has 2 aliphatic carbocycles. The van der Waals surface area contributed by atoms with Crippen LogP contribution >= 0.6 is 0 Å². The van der Waals surface area contributed by atoms with Crippen LogP contribution in [0.1, 0.15) is 65.8 Å². The van der Waals surface area contributed by atoms with Gasteiger partial charge in [-0.25, -0.2) is 0 Å². The van der Waals surface area contributed by atoms with Gasteiger partial charge in [0, 0.05) is 34.1 Å². The van der Waals surface area contributed by atoms with Gasteiger partial charge in [-0.05, 0) is 158 Å². The van der Waals surface area contributed by atoms with Gasteiger partial charge in [0.05, 0.1) is 5.41 Å². The average molecular weight is 963 g/mol. The van der Waals surface area contributed by atoms with Crippen LogP contribution in [0, 0.1) is 0 Å². The molecule has 0 unspecified atom stereocenters. The van der Waals surface area contributed by atoms with E-state index in [4.69, 9.17) is 0 Å². The Balaban J connectivity index is 1.12. The van der Waals surface area contributed by atoms with Crippen molar-refractivity contribution in [2.75, 3.05) is 9.80 Å². The highest BCUT2D eigenvalue weighted by Crippen LogP contribution is 2.58. The summed E-state index contributed by atoms with van der Waals surface area (Å²) >= 11 is 0. The van der Waals surface area contributed by atoms with Crippen LogP contribution in [0.15, 0.2) is 285 Å². The molecule has 0 spiro atoms. The van der Waals surface area contributed by atoms with Gasteiger partial charge in [0.1, 0.15) is 0 Å². The molecule has 11 aromatic carbocycles. The topological polar surface area (TPSA) is 6.48 Å². The minimum atomic E-state index is -0.565. The highest BCUT2D eigenvalue weighted by atomic mass is 15.2. The fourth-order valence-corrected chi connectivity index (χ4v) is 12.5. The number of hydrogen-bond acceptors (Lipinski definition) is 2. The Kier molecular flexibility index (Phi) is 12.3. The first kappa shape index (κ1) is 45.9. The Hall–Kier alpha value is -8.98. The summed E-state index contributed by atoms with van der Waals surface area (Å²) in [7, 11) is 0. The predicted octanol–water partition coefficient (Wildman–Crippen LogP) is 20.0. The molecule has 0 atom stereocenters. The molecule has 75 heavy (non-hydrogen) atoms. The summed E-state index contributed by atoms with van der Waals surface area (Å²) in [5.41, 5.74) is 22.0. The minimum Gasteiger partial charge on any atom is -0.310 e. The average Bonchev–Trinajstić information content (AvgIpc) is 3.88. The summed E-state index contributed by atoms with van der Waals surface area (Å²) in [6.07, 6.45) is 6.43. The van der Waals surface area contributed by atoms with Gasteiger partial charge in [0.15, 0.2) is 0 Å². The monoisotopic (exact) mass is 962 g/mol. The molecule has 13 rings (SSSR count). The van der Waals surface area contributed by atoms with Crippen molar-refractivity contribution < 1.29 is 0 Å². The third-order valence-electron chi connectivity index (χ3n) is 15.9. The van der Waals surface area contributed by atoms with Crippen molar-refractivity contribution in [2.45, 2.75) is 43.4 Å². The molecule has 0 aromatic heterocycles. The van der Waals surface area contributed by atoms with E-state index in [0.29, 0.717) is 5.92 Å². The molecule has 360 valence electrons. The Morgan fingerprint density at radius 1 is 0.280 bits per heavy atom. The first-order valence-electron chi connectivity index (χ1n) is 26.8. The summed E-state index contributed by atoms with van der Waals surface area (Å²) in [6.45, 7) is 0. The van der Waals surface area contributed by atoms with Crippen molar-refractivity contribution in [1.82, 2.24) is 0 Å². The van der Waals surface area contributed by atoms with Gasteiger partial charge >= 0.3 is 0 Å². The molecule has 0 radical (unpaired) electrons. The van der Waals surface area contributed by atoms with Gasteiger partial charge in [0.25, 0.3) is 0 Å². The lowest BCUT2D eigenvalue weighted by Gasteiger charge is -2.35. The minimum absolute atomic E-state index is 0.565. The van der Waals surface area contributed by atoms with Crippen LogP contribution in [0.5, 0.6) is 0 Å². The molecule has 0 heterocycles. The molecule has 0 amide bonds. The molecule has 1 saturated carbocycles. The number of para-hydroxylation sites is 2. The van der Waals surface area contributed by atoms with Crippen LogP contribution in [0.25, 0.3) is 44.5 Å². The lowest BCUT2D eigenvalue weighted by molar-refractivity contribution is 0.443. The van der Waals surface area contributed by atoms with E-state index in [1.807, 2.05) is 0 Å². The number of fused-ring (bicyclic) bond motifs is 3. The predicted molar refractivity (Wildman–Crippen MR) is 315 cm³/mol. The molecule has 0 saturated heterocycles. The van der Waals surface area contributed by atoms with E-state index >= 15 is 0 Å². The molecule has 2 heteroatoms. The summed E-state index contributed by atoms with van der Waals surface area (Å²) in [6, 6.07) is 106. The zero-order valence-corrected chi connectivity index (χ0v) is 42.1. The molecule has 0 aliphatic heterocycles. The number of nitrogens with zero attached hydrogens (tertiary/aromatic N) is 2. The maximum absolute atomic E-state index is 2.53. The van der Waals surface area contributed by atoms with Crippen molar-refractivity contribution in [3.8, 4) is 44.5 Å². The van der Waals surface area contributed by atoms with Crippen molar-refractivity contribution in [3.63, 3.8) is 0 Å². The second kappa shape index (κ2) is 20.1. The van der Waals surface area contributed by atoms with E-state index in [2.05, 4.69) is 295 Å². The van der Waals surface area contributed by atoms with E-state index in [9.17, 15) is 0 Å². The Labute approximate surface area is 442 Å². The Morgan fingerprint density at radius 2 is 0.707 bits per heavy atom. The van der Waals surface area contributed by atoms with Crippen LogP contribution in [0.2, 0.25) is 0 Å². The second-order valence-corrected chi connectivity index (χ2v) is 20.2. The van der Waals surface area contributed by atoms with Gasteiger partial charge in [-0.2, -0.15) is 0 Å². The number of benzene rings is 11. The van der Waals surface area contributed by atoms with Gasteiger partial charge in [-0.3, -0.25) is 0 Å². The maximum Gasteiger partial charge on any atom is 0.0714 e. The quantitative estimate of drug-likeness (QED) is 0.120. The molecular weight excluding hydrogens is 905 g/mol. The first-order chi connectivity index (χ1) is 37.2. The van der Waals surface area contributed by atoms with Crippen LogP contribution in [0.4, 0.5) is 34.1 Å². The van der Waals surface area contributed by atoms with Crippen LogP contribution in [-0.4, -0.2) is 0 Å². The van der Waals surface area contributed by atoms with Gasteiger partial charge < -0.3 is 9.80 Å². The van der Waals surface area contributed by atoms with E-state index in [1.54, 1.807) is 0 Å². The van der Waals surface area contributed by atoms with Gasteiger partial charge in [0.2, 0.25) is 0 Å². The smallest absolute Gasteiger partial charge is 0.0714 e. The third kappa shape index (κ3) is 8.43. The van der Waals surface area contributed by atoms with Gasteiger partial charge in [-0.15, -0.1) is 0 Å². The summed E-state index contributed by atoms with van der Waals surface area (Å²) in [5.74, 6) is 0.586. The van der Waals surface area contributed by atoms with E-state index in [0.717, 1.165) is 39.7 Å². The highest BCUT2D eigenvalue weighted by Gasteiger charge is 2.46. The normalized spacial score (nSPS) is 13.7. The van der Waals surface area contributed by atoms with Crippen molar-refractivity contribution in [2.24, 2.45) is 0 Å². The van der Waals surface area contributed by atoms with Crippen LogP contribution in [0.3, 0.4) is 0 Å². The molecule has 2 aliphatic rings. The van der Waals surface area contributed by atoms with E-state index < -0.39 is 5.41 Å². The molecule has 11 aromatic rings. The molecule has 1 fully saturated rings. The number of rotatable bonds is 12. The molecular formula is C73H58N2. The Morgan fingerprint density at radius 3 is 1.25 bits per heavy atom. The van der Waals surface area contributed by atoms with Crippen LogP contribution in [-0.2, 0) is 5.41 Å². The zero-order chi connectivity index (χ0) is 50.0. The van der Waals surface area contributed by atoms with Crippen LogP contribution < -0.4 is 9.80 Å². The largest absolute Gasteiger partial charge is 0.310 e. The van der Waals surface area contributed by atoms with Crippen molar-refractivity contribution in [3.05, 3.63) is 313 Å². The third-order valence-corrected chi connectivity index (χ3v) is 15.9. The fraction of sp³-hybridized carbons (Fsp3) is 0.0959. The maximum atomic E-state index is 2.53. The lowest BCUT2D eigenvalue weighted by Crippen LogP contribution is -2.28. The molecule has 0 N–H and O–H groups in total. The summed E-state index contributed by atoms with van der Waals surface area (Å²) < 4.78 is 0. The zero-order valence-electron chi connectivity index (χ0n) is 42.1. The lowest BCUT2D eigenvalue weighted by atomic mass is 9.67. The fourth-order valence-electron chi connectivity index (χ4n) is 12.5. The highest BCUT2D eigenvalue weighted by molar-refractivity contribution is 5.98.